The first-order valence-corrected chi connectivity index (χ1v) is 11.1. The molecule has 2 atom stereocenters. The summed E-state index contributed by atoms with van der Waals surface area (Å²) in [7, 11) is 0. The highest BCUT2D eigenvalue weighted by molar-refractivity contribution is 14.1. The molecule has 130 valence electrons. The molecular formula is C19H35IO2. The van der Waals surface area contributed by atoms with E-state index < -0.39 is 0 Å². The van der Waals surface area contributed by atoms with E-state index in [0.717, 1.165) is 17.3 Å². The largest absolute Gasteiger partial charge is 0.461 e. The molecule has 1 saturated heterocycles. The molecule has 0 aromatic heterocycles. The van der Waals surface area contributed by atoms with Gasteiger partial charge in [-0.25, -0.2) is 0 Å². The molecule has 2 nitrogen and oxygen atoms in total. The third kappa shape index (κ3) is 9.36. The highest BCUT2D eigenvalue weighted by Gasteiger charge is 2.32. The highest BCUT2D eigenvalue weighted by Crippen LogP contribution is 2.27. The summed E-state index contributed by atoms with van der Waals surface area (Å²) in [6, 6.07) is 0. The molecule has 1 fully saturated rings. The van der Waals surface area contributed by atoms with Gasteiger partial charge in [0.05, 0.1) is 5.92 Å². The first-order valence-electron chi connectivity index (χ1n) is 9.54. The molecule has 3 heteroatoms. The first kappa shape index (κ1) is 20.2. The van der Waals surface area contributed by atoms with E-state index in [1.54, 1.807) is 0 Å². The molecule has 0 spiro atoms. The number of esters is 1. The number of alkyl halides is 1. The second-order valence-electron chi connectivity index (χ2n) is 6.82. The Bertz CT molecular complexity index is 281. The van der Waals surface area contributed by atoms with Crippen molar-refractivity contribution in [1.82, 2.24) is 0 Å². The molecule has 0 aromatic rings. The van der Waals surface area contributed by atoms with E-state index in [9.17, 15) is 4.79 Å². The van der Waals surface area contributed by atoms with Crippen LogP contribution in [0.15, 0.2) is 0 Å². The zero-order valence-corrected chi connectivity index (χ0v) is 16.6. The Labute approximate surface area is 151 Å². The van der Waals surface area contributed by atoms with Crippen molar-refractivity contribution in [2.24, 2.45) is 5.92 Å². The summed E-state index contributed by atoms with van der Waals surface area (Å²) in [6.07, 6.45) is 18.7. The first-order chi connectivity index (χ1) is 10.8. The Hall–Kier alpha value is 0.200. The lowest BCUT2D eigenvalue weighted by atomic mass is 9.97. The molecule has 0 amide bonds. The quantitative estimate of drug-likeness (QED) is 0.139. The third-order valence-electron chi connectivity index (χ3n) is 4.74. The van der Waals surface area contributed by atoms with Crippen LogP contribution >= 0.6 is 22.6 Å². The Morgan fingerprint density at radius 3 is 1.86 bits per heavy atom. The molecule has 1 aliphatic heterocycles. The van der Waals surface area contributed by atoms with Crippen molar-refractivity contribution in [2.45, 2.75) is 103 Å². The zero-order valence-electron chi connectivity index (χ0n) is 14.5. The maximum atomic E-state index is 11.7. The van der Waals surface area contributed by atoms with Crippen LogP contribution in [0.5, 0.6) is 0 Å². The average molecular weight is 422 g/mol. The number of hydrogen-bond donors (Lipinski definition) is 0. The topological polar surface area (TPSA) is 26.3 Å². The van der Waals surface area contributed by atoms with Crippen LogP contribution in [-0.4, -0.2) is 16.5 Å². The van der Waals surface area contributed by atoms with Crippen LogP contribution in [0.4, 0.5) is 0 Å². The summed E-state index contributed by atoms with van der Waals surface area (Å²) in [5.41, 5.74) is 0. The van der Waals surface area contributed by atoms with Crippen LogP contribution in [0.3, 0.4) is 0 Å². The van der Waals surface area contributed by atoms with Gasteiger partial charge in [0.15, 0.2) is 0 Å². The van der Waals surface area contributed by atoms with Gasteiger partial charge in [-0.3, -0.25) is 4.79 Å². The van der Waals surface area contributed by atoms with E-state index in [1.807, 2.05) is 0 Å². The van der Waals surface area contributed by atoms with Crippen LogP contribution in [0.1, 0.15) is 96.8 Å². The van der Waals surface area contributed by atoms with Gasteiger partial charge in [-0.05, 0) is 12.8 Å². The smallest absolute Gasteiger partial charge is 0.309 e. The second-order valence-corrected chi connectivity index (χ2v) is 7.70. The number of rotatable bonds is 14. The summed E-state index contributed by atoms with van der Waals surface area (Å²) in [4.78, 5) is 11.7. The van der Waals surface area contributed by atoms with Crippen LogP contribution in [-0.2, 0) is 9.53 Å². The summed E-state index contributed by atoms with van der Waals surface area (Å²) in [5, 5.41) is 0. The van der Waals surface area contributed by atoms with Gasteiger partial charge in [-0.15, -0.1) is 0 Å². The van der Waals surface area contributed by atoms with E-state index >= 15 is 0 Å². The fourth-order valence-electron chi connectivity index (χ4n) is 3.28. The lowest BCUT2D eigenvalue weighted by Crippen LogP contribution is -2.07. The summed E-state index contributed by atoms with van der Waals surface area (Å²) < 4.78 is 6.28. The number of ether oxygens (including phenoxy) is 1. The Kier molecular flexibility index (Phi) is 12.5. The summed E-state index contributed by atoms with van der Waals surface area (Å²) in [5.74, 6) is 0.257. The van der Waals surface area contributed by atoms with E-state index in [-0.39, 0.29) is 18.0 Å². The minimum atomic E-state index is 0.0599. The minimum absolute atomic E-state index is 0.0599. The van der Waals surface area contributed by atoms with Crippen molar-refractivity contribution in [2.75, 3.05) is 4.43 Å². The summed E-state index contributed by atoms with van der Waals surface area (Å²) >= 11 is 2.31. The molecule has 1 aliphatic rings. The molecule has 0 aliphatic carbocycles. The van der Waals surface area contributed by atoms with Gasteiger partial charge < -0.3 is 4.74 Å². The predicted molar refractivity (Wildman–Crippen MR) is 103 cm³/mol. The van der Waals surface area contributed by atoms with E-state index in [0.29, 0.717) is 0 Å². The van der Waals surface area contributed by atoms with E-state index in [1.165, 1.54) is 77.0 Å². The zero-order chi connectivity index (χ0) is 16.0. The van der Waals surface area contributed by atoms with Gasteiger partial charge in [0.1, 0.15) is 6.10 Å². The van der Waals surface area contributed by atoms with Crippen molar-refractivity contribution in [1.29, 1.82) is 0 Å². The van der Waals surface area contributed by atoms with Crippen molar-refractivity contribution in [3.8, 4) is 0 Å². The van der Waals surface area contributed by atoms with Crippen molar-refractivity contribution < 1.29 is 9.53 Å². The van der Waals surface area contributed by atoms with E-state index in [4.69, 9.17) is 4.74 Å². The normalized spacial score (nSPS) is 21.3. The average Bonchev–Trinajstić information content (AvgIpc) is 2.89. The standard InChI is InChI=1S/C19H35IO2/c1-2-3-4-5-6-7-8-9-10-11-12-13-14-17-15-18(16-20)22-19(17)21/h17-18H,2-16H2,1H3/t17-,18+/m1/s1. The minimum Gasteiger partial charge on any atom is -0.461 e. The van der Waals surface area contributed by atoms with Gasteiger partial charge in [-0.2, -0.15) is 0 Å². The fourth-order valence-corrected chi connectivity index (χ4v) is 3.82. The number of unbranched alkanes of at least 4 members (excludes halogenated alkanes) is 11. The van der Waals surface area contributed by atoms with Gasteiger partial charge in [0, 0.05) is 4.43 Å². The Morgan fingerprint density at radius 1 is 0.909 bits per heavy atom. The number of halogens is 1. The SMILES string of the molecule is CCCCCCCCCCCCCC[C@@H]1C[C@@H](CI)OC1=O. The molecule has 22 heavy (non-hydrogen) atoms. The van der Waals surface area contributed by atoms with E-state index in [2.05, 4.69) is 29.5 Å². The molecule has 0 bridgehead atoms. The van der Waals surface area contributed by atoms with Crippen LogP contribution in [0, 0.1) is 5.92 Å². The maximum Gasteiger partial charge on any atom is 0.309 e. The van der Waals surface area contributed by atoms with Crippen LogP contribution in [0.25, 0.3) is 0 Å². The molecular weight excluding hydrogens is 387 g/mol. The molecule has 0 radical (unpaired) electrons. The van der Waals surface area contributed by atoms with Crippen molar-refractivity contribution in [3.05, 3.63) is 0 Å². The number of cyclic esters (lactones) is 1. The highest BCUT2D eigenvalue weighted by atomic mass is 127. The molecule has 1 rings (SSSR count). The molecule has 0 aromatic carbocycles. The molecule has 1 heterocycles. The van der Waals surface area contributed by atoms with Crippen LogP contribution < -0.4 is 0 Å². The lowest BCUT2D eigenvalue weighted by Gasteiger charge is -2.05. The number of carbonyl (C=O) groups is 1. The maximum absolute atomic E-state index is 11.7. The molecule has 0 N–H and O–H groups in total. The number of hydrogen-bond acceptors (Lipinski definition) is 2. The Morgan fingerprint density at radius 2 is 1.41 bits per heavy atom. The monoisotopic (exact) mass is 422 g/mol. The predicted octanol–water partition coefficient (Wildman–Crippen LogP) is 6.44. The third-order valence-corrected chi connectivity index (χ3v) is 5.72. The summed E-state index contributed by atoms with van der Waals surface area (Å²) in [6.45, 7) is 2.28. The van der Waals surface area contributed by atoms with Gasteiger partial charge in [0.25, 0.3) is 0 Å². The van der Waals surface area contributed by atoms with Gasteiger partial charge >= 0.3 is 5.97 Å². The molecule has 0 unspecified atom stereocenters. The van der Waals surface area contributed by atoms with Gasteiger partial charge in [0.2, 0.25) is 0 Å². The van der Waals surface area contributed by atoms with Gasteiger partial charge in [-0.1, -0.05) is 107 Å². The fraction of sp³-hybridized carbons (Fsp3) is 0.947. The molecule has 0 saturated carbocycles. The van der Waals surface area contributed by atoms with Crippen molar-refractivity contribution >= 4 is 28.6 Å². The lowest BCUT2D eigenvalue weighted by molar-refractivity contribution is -0.143. The second kappa shape index (κ2) is 13.6. The number of carbonyl (C=O) groups excluding carboxylic acids is 1. The van der Waals surface area contributed by atoms with Crippen molar-refractivity contribution in [3.63, 3.8) is 0 Å². The Balaban J connectivity index is 1.81. The van der Waals surface area contributed by atoms with Crippen LogP contribution in [0.2, 0.25) is 0 Å².